The smallest absolute Gasteiger partial charge is 0.362 e. The maximum Gasteiger partial charge on any atom is 0.362 e. The van der Waals surface area contributed by atoms with Gasteiger partial charge < -0.3 is 24.8 Å². The minimum atomic E-state index is -1.48. The first-order valence-corrected chi connectivity index (χ1v) is 6.28. The van der Waals surface area contributed by atoms with Crippen LogP contribution in [0.2, 0.25) is 5.15 Å². The number of hydrogen-bond donors (Lipinski definition) is 3. The SMILES string of the molecule is COC(=O)c1nc(Cl)cn([C@@H]2O[C@H](CO)[C@@H](O)[C@@H]2O)c1=O. The van der Waals surface area contributed by atoms with Crippen molar-refractivity contribution in [3.8, 4) is 0 Å². The normalized spacial score (nSPS) is 28.6. The number of esters is 1. The molecule has 21 heavy (non-hydrogen) atoms. The maximum atomic E-state index is 12.2. The highest BCUT2D eigenvalue weighted by Gasteiger charge is 2.44. The van der Waals surface area contributed by atoms with Crippen LogP contribution in [0.4, 0.5) is 0 Å². The molecule has 0 saturated carbocycles. The Labute approximate surface area is 123 Å². The highest BCUT2D eigenvalue weighted by molar-refractivity contribution is 6.29. The summed E-state index contributed by atoms with van der Waals surface area (Å²) in [5.74, 6) is -0.997. The molecule has 0 radical (unpaired) electrons. The standard InChI is InChI=1S/C11H13ClN2O7/c1-20-11(19)6-9(18)14(2-5(12)13-6)10-8(17)7(16)4(3-15)21-10/h2,4,7-8,10,15-17H,3H2,1H3/t4-,7-,8+,10-/m1/s1. The first-order chi connectivity index (χ1) is 9.90. The van der Waals surface area contributed by atoms with Gasteiger partial charge >= 0.3 is 5.97 Å². The number of carbonyl (C=O) groups excluding carboxylic acids is 1. The van der Waals surface area contributed by atoms with E-state index in [1.165, 1.54) is 0 Å². The Balaban J connectivity index is 2.48. The van der Waals surface area contributed by atoms with Gasteiger partial charge in [-0.05, 0) is 0 Å². The number of aliphatic hydroxyl groups is 3. The van der Waals surface area contributed by atoms with Gasteiger partial charge in [0.2, 0.25) is 5.69 Å². The molecular weight excluding hydrogens is 308 g/mol. The van der Waals surface area contributed by atoms with Crippen LogP contribution in [-0.4, -0.2) is 62.9 Å². The molecule has 1 aliphatic rings. The number of carbonyl (C=O) groups is 1. The summed E-state index contributed by atoms with van der Waals surface area (Å²) < 4.78 is 10.4. The van der Waals surface area contributed by atoms with Gasteiger partial charge in [0.1, 0.15) is 23.5 Å². The number of aliphatic hydroxyl groups excluding tert-OH is 3. The summed E-state index contributed by atoms with van der Waals surface area (Å²) in [4.78, 5) is 27.2. The van der Waals surface area contributed by atoms with E-state index < -0.39 is 48.4 Å². The van der Waals surface area contributed by atoms with Crippen molar-refractivity contribution >= 4 is 17.6 Å². The van der Waals surface area contributed by atoms with Gasteiger partial charge in [-0.3, -0.25) is 9.36 Å². The fourth-order valence-corrected chi connectivity index (χ4v) is 2.20. The van der Waals surface area contributed by atoms with Crippen LogP contribution in [0.3, 0.4) is 0 Å². The Hall–Kier alpha value is -1.52. The monoisotopic (exact) mass is 320 g/mol. The van der Waals surface area contributed by atoms with Crippen molar-refractivity contribution in [3.05, 3.63) is 27.4 Å². The number of aromatic nitrogens is 2. The average molecular weight is 321 g/mol. The van der Waals surface area contributed by atoms with Crippen LogP contribution in [0, 0.1) is 0 Å². The van der Waals surface area contributed by atoms with E-state index in [0.717, 1.165) is 17.9 Å². The lowest BCUT2D eigenvalue weighted by atomic mass is 10.1. The Kier molecular flexibility index (Phi) is 4.59. The fraction of sp³-hybridized carbons (Fsp3) is 0.545. The molecule has 0 bridgehead atoms. The van der Waals surface area contributed by atoms with Crippen LogP contribution in [0.15, 0.2) is 11.0 Å². The molecule has 0 aliphatic carbocycles. The molecule has 4 atom stereocenters. The molecule has 1 saturated heterocycles. The zero-order valence-corrected chi connectivity index (χ0v) is 11.6. The zero-order valence-electron chi connectivity index (χ0n) is 10.8. The molecule has 0 spiro atoms. The van der Waals surface area contributed by atoms with E-state index in [9.17, 15) is 19.8 Å². The summed E-state index contributed by atoms with van der Waals surface area (Å²) in [7, 11) is 1.07. The lowest BCUT2D eigenvalue weighted by Crippen LogP contribution is -2.37. The summed E-state index contributed by atoms with van der Waals surface area (Å²) in [5, 5.41) is 28.4. The highest BCUT2D eigenvalue weighted by atomic mass is 35.5. The van der Waals surface area contributed by atoms with Crippen molar-refractivity contribution in [2.75, 3.05) is 13.7 Å². The van der Waals surface area contributed by atoms with E-state index >= 15 is 0 Å². The second-order valence-corrected chi connectivity index (χ2v) is 4.73. The van der Waals surface area contributed by atoms with Crippen molar-refractivity contribution in [1.29, 1.82) is 0 Å². The average Bonchev–Trinajstić information content (AvgIpc) is 2.76. The van der Waals surface area contributed by atoms with Gasteiger partial charge in [-0.1, -0.05) is 11.6 Å². The summed E-state index contributed by atoms with van der Waals surface area (Å²) in [6.45, 7) is -0.549. The number of nitrogens with zero attached hydrogens (tertiary/aromatic N) is 2. The van der Waals surface area contributed by atoms with E-state index in [4.69, 9.17) is 21.4 Å². The van der Waals surface area contributed by atoms with Gasteiger partial charge in [0, 0.05) is 6.20 Å². The molecule has 0 aromatic carbocycles. The van der Waals surface area contributed by atoms with E-state index in [0.29, 0.717) is 0 Å². The number of hydrogen-bond acceptors (Lipinski definition) is 8. The van der Waals surface area contributed by atoms with Crippen molar-refractivity contribution in [2.24, 2.45) is 0 Å². The molecule has 2 rings (SSSR count). The van der Waals surface area contributed by atoms with Gasteiger partial charge in [-0.25, -0.2) is 9.78 Å². The third-order valence-corrected chi connectivity index (χ3v) is 3.25. The van der Waals surface area contributed by atoms with Gasteiger partial charge in [0.25, 0.3) is 5.56 Å². The number of halogens is 1. The summed E-state index contributed by atoms with van der Waals surface area (Å²) in [5.41, 5.74) is -1.48. The second kappa shape index (κ2) is 6.08. The highest BCUT2D eigenvalue weighted by Crippen LogP contribution is 2.28. The van der Waals surface area contributed by atoms with Crippen LogP contribution >= 0.6 is 11.6 Å². The maximum absolute atomic E-state index is 12.2. The Morgan fingerprint density at radius 3 is 2.71 bits per heavy atom. The Bertz CT molecular complexity index is 605. The molecule has 1 aromatic heterocycles. The van der Waals surface area contributed by atoms with E-state index in [1.807, 2.05) is 0 Å². The fourth-order valence-electron chi connectivity index (χ4n) is 2.01. The van der Waals surface area contributed by atoms with Crippen LogP contribution in [-0.2, 0) is 9.47 Å². The predicted molar refractivity (Wildman–Crippen MR) is 67.9 cm³/mol. The molecule has 1 fully saturated rings. The summed E-state index contributed by atoms with van der Waals surface area (Å²) >= 11 is 5.73. The number of methoxy groups -OCH3 is 1. The van der Waals surface area contributed by atoms with Crippen molar-refractivity contribution in [3.63, 3.8) is 0 Å². The topological polar surface area (TPSA) is 131 Å². The predicted octanol–water partition coefficient (Wildman–Crippen LogP) is -1.71. The Morgan fingerprint density at radius 1 is 1.52 bits per heavy atom. The van der Waals surface area contributed by atoms with Crippen molar-refractivity contribution < 1.29 is 29.6 Å². The van der Waals surface area contributed by atoms with Gasteiger partial charge in [-0.15, -0.1) is 0 Å². The lowest BCUT2D eigenvalue weighted by molar-refractivity contribution is -0.0546. The van der Waals surface area contributed by atoms with E-state index in [1.54, 1.807) is 0 Å². The molecule has 10 heteroatoms. The molecule has 1 aliphatic heterocycles. The first kappa shape index (κ1) is 15.9. The lowest BCUT2D eigenvalue weighted by Gasteiger charge is -2.18. The molecule has 116 valence electrons. The Morgan fingerprint density at radius 2 is 2.19 bits per heavy atom. The number of rotatable bonds is 3. The van der Waals surface area contributed by atoms with Crippen molar-refractivity contribution in [1.82, 2.24) is 9.55 Å². The van der Waals surface area contributed by atoms with Crippen LogP contribution in [0.5, 0.6) is 0 Å². The largest absolute Gasteiger partial charge is 0.464 e. The van der Waals surface area contributed by atoms with Gasteiger partial charge in [0.15, 0.2) is 6.23 Å². The van der Waals surface area contributed by atoms with E-state index in [2.05, 4.69) is 9.72 Å². The van der Waals surface area contributed by atoms with Crippen LogP contribution in [0.1, 0.15) is 16.7 Å². The van der Waals surface area contributed by atoms with E-state index in [-0.39, 0.29) is 5.15 Å². The second-order valence-electron chi connectivity index (χ2n) is 4.35. The zero-order chi connectivity index (χ0) is 15.7. The summed E-state index contributed by atoms with van der Waals surface area (Å²) in [6.07, 6.45) is -4.19. The molecule has 2 heterocycles. The van der Waals surface area contributed by atoms with Gasteiger partial charge in [-0.2, -0.15) is 0 Å². The first-order valence-electron chi connectivity index (χ1n) is 5.90. The minimum Gasteiger partial charge on any atom is -0.464 e. The molecular formula is C11H13ClN2O7. The molecule has 3 N–H and O–H groups in total. The van der Waals surface area contributed by atoms with Crippen molar-refractivity contribution in [2.45, 2.75) is 24.5 Å². The van der Waals surface area contributed by atoms with Crippen LogP contribution < -0.4 is 5.56 Å². The molecule has 0 amide bonds. The number of ether oxygens (including phenoxy) is 2. The summed E-state index contributed by atoms with van der Waals surface area (Å²) in [6, 6.07) is 0. The molecule has 1 aromatic rings. The quantitative estimate of drug-likeness (QED) is 0.561. The third kappa shape index (κ3) is 2.78. The van der Waals surface area contributed by atoms with Crippen LogP contribution in [0.25, 0.3) is 0 Å². The third-order valence-electron chi connectivity index (χ3n) is 3.07. The molecule has 0 unspecified atom stereocenters. The van der Waals surface area contributed by atoms with Gasteiger partial charge in [0.05, 0.1) is 13.7 Å². The minimum absolute atomic E-state index is 0.201. The molecule has 9 nitrogen and oxygen atoms in total.